The van der Waals surface area contributed by atoms with Gasteiger partial charge in [-0.15, -0.1) is 0 Å². The van der Waals surface area contributed by atoms with Gasteiger partial charge in [0.05, 0.1) is 17.2 Å². The molecule has 0 spiro atoms. The van der Waals surface area contributed by atoms with Crippen molar-refractivity contribution in [3.8, 4) is 0 Å². The van der Waals surface area contributed by atoms with E-state index in [0.717, 1.165) is 24.1 Å². The van der Waals surface area contributed by atoms with E-state index in [4.69, 9.17) is 0 Å². The number of aryl methyl sites for hydroxylation is 1. The number of carbonyl (C=O) groups excluding carboxylic acids is 2. The zero-order chi connectivity index (χ0) is 17.9. The molecule has 1 amide bonds. The molecule has 5 nitrogen and oxygen atoms in total. The molecule has 1 N–H and O–H groups in total. The van der Waals surface area contributed by atoms with E-state index < -0.39 is 5.41 Å². The summed E-state index contributed by atoms with van der Waals surface area (Å²) in [5, 5.41) is 6.97. The van der Waals surface area contributed by atoms with Crippen molar-refractivity contribution in [2.24, 2.45) is 0 Å². The second kappa shape index (κ2) is 7.21. The van der Waals surface area contributed by atoms with Crippen LogP contribution in [0.5, 0.6) is 0 Å². The summed E-state index contributed by atoms with van der Waals surface area (Å²) >= 11 is 0. The standard InChI is InChI=1S/C20H25N3O2/c1-3-7-18-17(14-21-22-18)19(25)23-12-10-20(11-13-23,15(2)24)16-8-5-4-6-9-16/h4-6,8-9,14H,3,7,10-13H2,1-2H3,(H,21,22). The third-order valence-electron chi connectivity index (χ3n) is 5.35. The number of Topliss-reactive ketones (excluding diaryl/α,β-unsaturated/α-hetero) is 1. The smallest absolute Gasteiger partial charge is 0.257 e. The minimum atomic E-state index is -0.472. The lowest BCUT2D eigenvalue weighted by molar-refractivity contribution is -0.124. The molecule has 0 bridgehead atoms. The number of benzene rings is 1. The lowest BCUT2D eigenvalue weighted by Gasteiger charge is -2.40. The Hall–Kier alpha value is -2.43. The van der Waals surface area contributed by atoms with Crippen LogP contribution in [0.3, 0.4) is 0 Å². The second-order valence-corrected chi connectivity index (χ2v) is 6.81. The van der Waals surface area contributed by atoms with Gasteiger partial charge in [-0.1, -0.05) is 43.7 Å². The highest BCUT2D eigenvalue weighted by molar-refractivity contribution is 5.95. The number of hydrogen-bond donors (Lipinski definition) is 1. The van der Waals surface area contributed by atoms with Crippen LogP contribution in [-0.2, 0) is 16.6 Å². The summed E-state index contributed by atoms with van der Waals surface area (Å²) < 4.78 is 0. The van der Waals surface area contributed by atoms with Crippen LogP contribution < -0.4 is 0 Å². The number of nitrogens with zero attached hydrogens (tertiary/aromatic N) is 2. The third-order valence-corrected chi connectivity index (χ3v) is 5.35. The number of rotatable bonds is 5. The highest BCUT2D eigenvalue weighted by Gasteiger charge is 2.41. The van der Waals surface area contributed by atoms with Gasteiger partial charge in [0.2, 0.25) is 0 Å². The Morgan fingerprint density at radius 1 is 1.20 bits per heavy atom. The number of aromatic amines is 1. The van der Waals surface area contributed by atoms with Crippen LogP contribution in [0.1, 0.15) is 54.7 Å². The molecule has 1 fully saturated rings. The molecule has 25 heavy (non-hydrogen) atoms. The summed E-state index contributed by atoms with van der Waals surface area (Å²) in [6, 6.07) is 9.95. The molecule has 1 aliphatic heterocycles. The Morgan fingerprint density at radius 2 is 1.88 bits per heavy atom. The van der Waals surface area contributed by atoms with E-state index in [1.165, 1.54) is 0 Å². The van der Waals surface area contributed by atoms with Crippen molar-refractivity contribution < 1.29 is 9.59 Å². The Bertz CT molecular complexity index is 743. The Labute approximate surface area is 148 Å². The van der Waals surface area contributed by atoms with Crippen molar-refractivity contribution in [3.05, 3.63) is 53.3 Å². The fourth-order valence-electron chi connectivity index (χ4n) is 3.80. The van der Waals surface area contributed by atoms with E-state index in [-0.39, 0.29) is 11.7 Å². The maximum atomic E-state index is 12.9. The lowest BCUT2D eigenvalue weighted by Crippen LogP contribution is -2.48. The molecule has 5 heteroatoms. The van der Waals surface area contributed by atoms with Gasteiger partial charge in [0.1, 0.15) is 5.78 Å². The summed E-state index contributed by atoms with van der Waals surface area (Å²) in [5.74, 6) is 0.197. The predicted octanol–water partition coefficient (Wildman–Crippen LogP) is 3.13. The van der Waals surface area contributed by atoms with Crippen LogP contribution in [0.15, 0.2) is 36.5 Å². The number of aromatic nitrogens is 2. The first kappa shape index (κ1) is 17.4. The predicted molar refractivity (Wildman–Crippen MR) is 96.5 cm³/mol. The molecule has 1 aromatic heterocycles. The molecule has 0 aliphatic carbocycles. The molecular formula is C20H25N3O2. The fraction of sp³-hybridized carbons (Fsp3) is 0.450. The summed E-state index contributed by atoms with van der Waals surface area (Å²) in [7, 11) is 0. The number of ketones is 1. The molecule has 2 aromatic rings. The Balaban J connectivity index is 1.77. The van der Waals surface area contributed by atoms with Gasteiger partial charge in [0.15, 0.2) is 0 Å². The molecule has 132 valence electrons. The number of amides is 1. The number of piperidine rings is 1. The van der Waals surface area contributed by atoms with Crippen molar-refractivity contribution in [3.63, 3.8) is 0 Å². The zero-order valence-electron chi connectivity index (χ0n) is 14.9. The molecule has 1 saturated heterocycles. The molecule has 0 radical (unpaired) electrons. The first-order valence-corrected chi connectivity index (χ1v) is 8.96. The zero-order valence-corrected chi connectivity index (χ0v) is 14.9. The number of likely N-dealkylation sites (tertiary alicyclic amines) is 1. The quantitative estimate of drug-likeness (QED) is 0.910. The van der Waals surface area contributed by atoms with Gasteiger partial charge in [-0.2, -0.15) is 5.10 Å². The summed E-state index contributed by atoms with van der Waals surface area (Å²) in [6.45, 7) is 4.92. The largest absolute Gasteiger partial charge is 0.338 e. The van der Waals surface area contributed by atoms with Gasteiger partial charge in [-0.05, 0) is 31.7 Å². The highest BCUT2D eigenvalue weighted by atomic mass is 16.2. The summed E-state index contributed by atoms with van der Waals surface area (Å²) in [6.07, 6.45) is 4.73. The van der Waals surface area contributed by atoms with Gasteiger partial charge >= 0.3 is 0 Å². The molecule has 0 atom stereocenters. The van der Waals surface area contributed by atoms with Gasteiger partial charge in [-0.3, -0.25) is 14.7 Å². The van der Waals surface area contributed by atoms with Gasteiger partial charge in [0.25, 0.3) is 5.91 Å². The van der Waals surface area contributed by atoms with Crippen molar-refractivity contribution in [1.29, 1.82) is 0 Å². The third kappa shape index (κ3) is 3.23. The molecule has 3 rings (SSSR count). The first-order chi connectivity index (χ1) is 12.1. The number of carbonyl (C=O) groups is 2. The first-order valence-electron chi connectivity index (χ1n) is 8.96. The number of hydrogen-bond acceptors (Lipinski definition) is 3. The molecule has 0 unspecified atom stereocenters. The fourth-order valence-corrected chi connectivity index (χ4v) is 3.80. The van der Waals surface area contributed by atoms with E-state index in [1.54, 1.807) is 13.1 Å². The van der Waals surface area contributed by atoms with E-state index in [2.05, 4.69) is 17.1 Å². The van der Waals surface area contributed by atoms with E-state index in [9.17, 15) is 9.59 Å². The molecular weight excluding hydrogens is 314 g/mol. The summed E-state index contributed by atoms with van der Waals surface area (Å²) in [5.41, 5.74) is 2.15. The van der Waals surface area contributed by atoms with E-state index in [1.807, 2.05) is 35.2 Å². The van der Waals surface area contributed by atoms with Crippen LogP contribution >= 0.6 is 0 Å². The van der Waals surface area contributed by atoms with Crippen molar-refractivity contribution in [2.75, 3.05) is 13.1 Å². The average Bonchev–Trinajstić information content (AvgIpc) is 3.10. The van der Waals surface area contributed by atoms with Gasteiger partial charge in [-0.25, -0.2) is 0 Å². The van der Waals surface area contributed by atoms with Gasteiger partial charge in [0, 0.05) is 18.8 Å². The van der Waals surface area contributed by atoms with Crippen molar-refractivity contribution in [1.82, 2.24) is 15.1 Å². The lowest BCUT2D eigenvalue weighted by atomic mass is 9.70. The Morgan fingerprint density at radius 3 is 2.48 bits per heavy atom. The second-order valence-electron chi connectivity index (χ2n) is 6.81. The van der Waals surface area contributed by atoms with Crippen molar-refractivity contribution >= 4 is 11.7 Å². The SMILES string of the molecule is CCCc1[nH]ncc1C(=O)N1CCC(C(C)=O)(c2ccccc2)CC1. The van der Waals surface area contributed by atoms with Crippen LogP contribution in [0.2, 0.25) is 0 Å². The van der Waals surface area contributed by atoms with Crippen LogP contribution in [0.4, 0.5) is 0 Å². The van der Waals surface area contributed by atoms with E-state index >= 15 is 0 Å². The average molecular weight is 339 g/mol. The molecule has 1 aromatic carbocycles. The van der Waals surface area contributed by atoms with Crippen LogP contribution in [0.25, 0.3) is 0 Å². The number of nitrogens with one attached hydrogen (secondary N) is 1. The highest BCUT2D eigenvalue weighted by Crippen LogP contribution is 2.36. The summed E-state index contributed by atoms with van der Waals surface area (Å²) in [4.78, 5) is 27.2. The molecule has 1 aliphatic rings. The minimum Gasteiger partial charge on any atom is -0.338 e. The molecule has 2 heterocycles. The normalized spacial score (nSPS) is 16.6. The maximum Gasteiger partial charge on any atom is 0.257 e. The van der Waals surface area contributed by atoms with E-state index in [0.29, 0.717) is 31.5 Å². The maximum absolute atomic E-state index is 12.9. The topological polar surface area (TPSA) is 66.1 Å². The van der Waals surface area contributed by atoms with Crippen molar-refractivity contribution in [2.45, 2.75) is 44.9 Å². The van der Waals surface area contributed by atoms with Crippen LogP contribution in [-0.4, -0.2) is 39.9 Å². The monoisotopic (exact) mass is 339 g/mol. The minimum absolute atomic E-state index is 0.0161. The Kier molecular flexibility index (Phi) is 5.02. The van der Waals surface area contributed by atoms with Crippen LogP contribution in [0, 0.1) is 0 Å². The van der Waals surface area contributed by atoms with Gasteiger partial charge < -0.3 is 4.90 Å². The molecule has 0 saturated carbocycles. The number of H-pyrrole nitrogens is 1.